The Hall–Kier alpha value is -1.88. The fraction of sp³-hybridized carbons (Fsp3) is 0.500. The Morgan fingerprint density at radius 3 is 2.76 bits per heavy atom. The number of nitrogens with zero attached hydrogens (tertiary/aromatic N) is 2. The van der Waals surface area contributed by atoms with E-state index in [0.29, 0.717) is 11.6 Å². The molecule has 0 radical (unpaired) electrons. The minimum absolute atomic E-state index is 0.192. The van der Waals surface area contributed by atoms with Crippen molar-refractivity contribution in [3.05, 3.63) is 35.9 Å². The number of imidazole rings is 1. The molecule has 2 aromatic rings. The highest BCUT2D eigenvalue weighted by Gasteiger charge is 2.20. The summed E-state index contributed by atoms with van der Waals surface area (Å²) in [5.74, 6) is 1.09. The normalized spacial score (nSPS) is 12.1. The number of pyridine rings is 1. The van der Waals surface area contributed by atoms with E-state index in [1.807, 2.05) is 28.8 Å². The number of carbonyl (C=O) groups is 1. The van der Waals surface area contributed by atoms with Crippen LogP contribution in [0, 0.1) is 5.92 Å². The first-order valence-electron chi connectivity index (χ1n) is 7.24. The first-order chi connectivity index (χ1) is 9.78. The molecule has 0 fully saturated rings. The van der Waals surface area contributed by atoms with Crippen molar-refractivity contribution in [1.82, 2.24) is 14.7 Å². The third kappa shape index (κ3) is 3.82. The highest BCUT2D eigenvalue weighted by molar-refractivity contribution is 5.99. The van der Waals surface area contributed by atoms with Gasteiger partial charge in [-0.2, -0.15) is 0 Å². The molecular weight excluding hydrogens is 266 g/mol. The molecule has 2 rings (SSSR count). The Morgan fingerprint density at radius 2 is 2.14 bits per heavy atom. The molecule has 2 aromatic heterocycles. The first-order valence-corrected chi connectivity index (χ1v) is 7.24. The van der Waals surface area contributed by atoms with Crippen LogP contribution in [0.3, 0.4) is 0 Å². The number of amides is 1. The molecule has 5 nitrogen and oxygen atoms in total. The molecule has 0 bridgehead atoms. The number of rotatable bonds is 5. The Morgan fingerprint density at radius 1 is 1.43 bits per heavy atom. The van der Waals surface area contributed by atoms with E-state index in [1.165, 1.54) is 0 Å². The molecule has 21 heavy (non-hydrogen) atoms. The molecular formula is C16H23N3O2. The molecule has 0 atom stereocenters. The summed E-state index contributed by atoms with van der Waals surface area (Å²) in [6.45, 7) is 7.75. The van der Waals surface area contributed by atoms with E-state index < -0.39 is 5.60 Å². The SMILES string of the molecule is CC(C)Cc1nc(C(=O)NCC(C)(C)O)c2ccccn12. The van der Waals surface area contributed by atoms with Gasteiger partial charge < -0.3 is 14.8 Å². The highest BCUT2D eigenvalue weighted by Crippen LogP contribution is 2.16. The van der Waals surface area contributed by atoms with Gasteiger partial charge in [0.1, 0.15) is 5.82 Å². The van der Waals surface area contributed by atoms with Crippen molar-refractivity contribution in [2.24, 2.45) is 5.92 Å². The van der Waals surface area contributed by atoms with Crippen LogP contribution >= 0.6 is 0 Å². The zero-order valence-corrected chi connectivity index (χ0v) is 13.1. The molecule has 0 spiro atoms. The average molecular weight is 289 g/mol. The summed E-state index contributed by atoms with van der Waals surface area (Å²) in [5.41, 5.74) is 0.267. The van der Waals surface area contributed by atoms with Gasteiger partial charge >= 0.3 is 0 Å². The Balaban J connectivity index is 2.33. The third-order valence-electron chi connectivity index (χ3n) is 3.11. The topological polar surface area (TPSA) is 66.6 Å². The van der Waals surface area contributed by atoms with Crippen LogP contribution in [0.5, 0.6) is 0 Å². The van der Waals surface area contributed by atoms with Crippen LogP contribution in [-0.4, -0.2) is 32.5 Å². The van der Waals surface area contributed by atoms with Crippen LogP contribution < -0.4 is 5.32 Å². The van der Waals surface area contributed by atoms with Gasteiger partial charge in [0.05, 0.1) is 11.1 Å². The molecule has 0 aliphatic rings. The molecule has 0 unspecified atom stereocenters. The van der Waals surface area contributed by atoms with E-state index in [4.69, 9.17) is 0 Å². The quantitative estimate of drug-likeness (QED) is 0.885. The van der Waals surface area contributed by atoms with Gasteiger partial charge in [0, 0.05) is 19.2 Å². The number of fused-ring (bicyclic) bond motifs is 1. The predicted molar refractivity (Wildman–Crippen MR) is 82.4 cm³/mol. The molecule has 2 heterocycles. The lowest BCUT2D eigenvalue weighted by atomic mass is 10.1. The lowest BCUT2D eigenvalue weighted by Crippen LogP contribution is -2.38. The number of hydrogen-bond acceptors (Lipinski definition) is 3. The number of aromatic nitrogens is 2. The monoisotopic (exact) mass is 289 g/mol. The minimum atomic E-state index is -0.939. The van der Waals surface area contributed by atoms with Crippen molar-refractivity contribution in [3.8, 4) is 0 Å². The van der Waals surface area contributed by atoms with Gasteiger partial charge in [-0.05, 0) is 31.9 Å². The van der Waals surface area contributed by atoms with E-state index in [2.05, 4.69) is 24.1 Å². The lowest BCUT2D eigenvalue weighted by Gasteiger charge is -2.17. The number of nitrogens with one attached hydrogen (secondary N) is 1. The van der Waals surface area contributed by atoms with E-state index in [-0.39, 0.29) is 12.5 Å². The fourth-order valence-corrected chi connectivity index (χ4v) is 2.16. The zero-order chi connectivity index (χ0) is 15.6. The molecule has 114 valence electrons. The second-order valence-corrected chi connectivity index (χ2v) is 6.43. The van der Waals surface area contributed by atoms with Gasteiger partial charge in [0.2, 0.25) is 0 Å². The molecule has 1 amide bonds. The maximum absolute atomic E-state index is 12.3. The van der Waals surface area contributed by atoms with Crippen molar-refractivity contribution in [3.63, 3.8) is 0 Å². The summed E-state index contributed by atoms with van der Waals surface area (Å²) >= 11 is 0. The number of aliphatic hydroxyl groups is 1. The molecule has 0 saturated heterocycles. The van der Waals surface area contributed by atoms with Gasteiger partial charge in [-0.3, -0.25) is 4.79 Å². The second-order valence-electron chi connectivity index (χ2n) is 6.43. The first kappa shape index (κ1) is 15.5. The maximum atomic E-state index is 12.3. The Kier molecular flexibility index (Phi) is 4.32. The highest BCUT2D eigenvalue weighted by atomic mass is 16.3. The molecule has 0 aliphatic heterocycles. The molecule has 2 N–H and O–H groups in total. The smallest absolute Gasteiger partial charge is 0.272 e. The average Bonchev–Trinajstić information content (AvgIpc) is 2.74. The summed E-state index contributed by atoms with van der Waals surface area (Å²) in [5, 5.41) is 12.4. The van der Waals surface area contributed by atoms with Crippen molar-refractivity contribution >= 4 is 11.4 Å². The minimum Gasteiger partial charge on any atom is -0.389 e. The van der Waals surface area contributed by atoms with Gasteiger partial charge in [-0.15, -0.1) is 0 Å². The lowest BCUT2D eigenvalue weighted by molar-refractivity contribution is 0.0693. The van der Waals surface area contributed by atoms with Crippen molar-refractivity contribution in [2.45, 2.75) is 39.7 Å². The van der Waals surface area contributed by atoms with E-state index in [0.717, 1.165) is 17.8 Å². The number of carbonyl (C=O) groups excluding carboxylic acids is 1. The summed E-state index contributed by atoms with van der Waals surface area (Å²) in [6.07, 6.45) is 2.73. The standard InChI is InChI=1S/C16H23N3O2/c1-11(2)9-13-18-14(12-7-5-6-8-19(12)13)15(20)17-10-16(3,4)21/h5-8,11,21H,9-10H2,1-4H3,(H,17,20). The predicted octanol–water partition coefficient (Wildman–Crippen LogP) is 2.03. The van der Waals surface area contributed by atoms with E-state index >= 15 is 0 Å². The van der Waals surface area contributed by atoms with E-state index in [9.17, 15) is 9.90 Å². The van der Waals surface area contributed by atoms with Gasteiger partial charge in [-0.25, -0.2) is 4.98 Å². The van der Waals surface area contributed by atoms with Crippen LogP contribution in [0.2, 0.25) is 0 Å². The van der Waals surface area contributed by atoms with Crippen LogP contribution in [0.15, 0.2) is 24.4 Å². The Labute approximate surface area is 125 Å². The third-order valence-corrected chi connectivity index (χ3v) is 3.11. The van der Waals surface area contributed by atoms with Crippen molar-refractivity contribution < 1.29 is 9.90 Å². The van der Waals surface area contributed by atoms with Gasteiger partial charge in [-0.1, -0.05) is 19.9 Å². The number of hydrogen-bond donors (Lipinski definition) is 2. The summed E-state index contributed by atoms with van der Waals surface area (Å²) in [6, 6.07) is 5.70. The maximum Gasteiger partial charge on any atom is 0.272 e. The summed E-state index contributed by atoms with van der Waals surface area (Å²) in [4.78, 5) is 16.8. The molecule has 0 aliphatic carbocycles. The molecule has 0 saturated carbocycles. The van der Waals surface area contributed by atoms with Crippen molar-refractivity contribution in [1.29, 1.82) is 0 Å². The van der Waals surface area contributed by atoms with Crippen molar-refractivity contribution in [2.75, 3.05) is 6.54 Å². The van der Waals surface area contributed by atoms with Gasteiger partial charge in [0.25, 0.3) is 5.91 Å². The van der Waals surface area contributed by atoms with Crippen LogP contribution in [0.1, 0.15) is 44.0 Å². The van der Waals surface area contributed by atoms with Gasteiger partial charge in [0.15, 0.2) is 5.69 Å². The fourth-order valence-electron chi connectivity index (χ4n) is 2.16. The second kappa shape index (κ2) is 5.85. The summed E-state index contributed by atoms with van der Waals surface area (Å²) < 4.78 is 1.96. The van der Waals surface area contributed by atoms with Crippen LogP contribution in [0.25, 0.3) is 5.52 Å². The zero-order valence-electron chi connectivity index (χ0n) is 13.1. The Bertz CT molecular complexity index is 638. The molecule has 5 heteroatoms. The summed E-state index contributed by atoms with van der Waals surface area (Å²) in [7, 11) is 0. The largest absolute Gasteiger partial charge is 0.389 e. The molecule has 0 aromatic carbocycles. The van der Waals surface area contributed by atoms with Crippen LogP contribution in [-0.2, 0) is 6.42 Å². The van der Waals surface area contributed by atoms with E-state index in [1.54, 1.807) is 13.8 Å². The van der Waals surface area contributed by atoms with Crippen LogP contribution in [0.4, 0.5) is 0 Å².